The van der Waals surface area contributed by atoms with E-state index in [1.165, 1.54) is 19.3 Å². The van der Waals surface area contributed by atoms with Crippen LogP contribution >= 0.6 is 11.8 Å². The van der Waals surface area contributed by atoms with Crippen molar-refractivity contribution in [1.29, 1.82) is 0 Å². The molecule has 0 aromatic heterocycles. The minimum absolute atomic E-state index is 0.0417. The second-order valence-corrected chi connectivity index (χ2v) is 6.93. The van der Waals surface area contributed by atoms with Gasteiger partial charge in [0.1, 0.15) is 0 Å². The highest BCUT2D eigenvalue weighted by Crippen LogP contribution is 2.24. The molecule has 1 saturated carbocycles. The first-order chi connectivity index (χ1) is 8.68. The third kappa shape index (κ3) is 3.64. The van der Waals surface area contributed by atoms with Crippen LogP contribution in [0.3, 0.4) is 0 Å². The summed E-state index contributed by atoms with van der Waals surface area (Å²) in [4.78, 5) is 14.6. The van der Waals surface area contributed by atoms with E-state index in [0.717, 1.165) is 31.0 Å². The predicted molar refractivity (Wildman–Crippen MR) is 77.9 cm³/mol. The van der Waals surface area contributed by atoms with Crippen LogP contribution in [0.1, 0.15) is 39.5 Å². The molecule has 0 aromatic carbocycles. The lowest BCUT2D eigenvalue weighted by atomic mass is 9.86. The standard InChI is InChI=1S/C14H26N2OS/c1-11-5-3-4-6-13(11)15-14(17)12(2)16-7-9-18-10-8-16/h11-13H,3-10H2,1-2H3,(H,15,17). The maximum atomic E-state index is 12.3. The molecule has 4 heteroatoms. The zero-order valence-corrected chi connectivity index (χ0v) is 12.5. The Kier molecular flexibility index (Phi) is 5.37. The number of rotatable bonds is 3. The van der Waals surface area contributed by atoms with Crippen molar-refractivity contribution < 1.29 is 4.79 Å². The summed E-state index contributed by atoms with van der Waals surface area (Å²) in [5.41, 5.74) is 0. The fourth-order valence-corrected chi connectivity index (χ4v) is 3.90. The molecule has 1 amide bonds. The van der Waals surface area contributed by atoms with Gasteiger partial charge < -0.3 is 5.32 Å². The Morgan fingerprint density at radius 1 is 1.28 bits per heavy atom. The second-order valence-electron chi connectivity index (χ2n) is 5.70. The van der Waals surface area contributed by atoms with Crippen molar-refractivity contribution in [1.82, 2.24) is 10.2 Å². The van der Waals surface area contributed by atoms with Crippen molar-refractivity contribution in [3.63, 3.8) is 0 Å². The normalized spacial score (nSPS) is 31.9. The van der Waals surface area contributed by atoms with E-state index in [1.807, 2.05) is 11.8 Å². The number of hydrogen-bond acceptors (Lipinski definition) is 3. The first kappa shape index (κ1) is 14.2. The van der Waals surface area contributed by atoms with Crippen LogP contribution in [-0.4, -0.2) is 47.5 Å². The van der Waals surface area contributed by atoms with Crippen LogP contribution in [0.2, 0.25) is 0 Å². The molecule has 1 saturated heterocycles. The van der Waals surface area contributed by atoms with Gasteiger partial charge >= 0.3 is 0 Å². The summed E-state index contributed by atoms with van der Waals surface area (Å²) in [5, 5.41) is 3.28. The average Bonchev–Trinajstić information content (AvgIpc) is 2.41. The Morgan fingerprint density at radius 2 is 1.94 bits per heavy atom. The third-order valence-electron chi connectivity index (χ3n) is 4.41. The van der Waals surface area contributed by atoms with E-state index in [4.69, 9.17) is 0 Å². The Bertz CT molecular complexity index is 279. The van der Waals surface area contributed by atoms with Gasteiger partial charge in [0.15, 0.2) is 0 Å². The molecular formula is C14H26N2OS. The third-order valence-corrected chi connectivity index (χ3v) is 5.35. The molecule has 2 aliphatic rings. The Balaban J connectivity index is 1.82. The number of carbonyl (C=O) groups is 1. The van der Waals surface area contributed by atoms with E-state index in [0.29, 0.717) is 12.0 Å². The zero-order chi connectivity index (χ0) is 13.0. The summed E-state index contributed by atoms with van der Waals surface area (Å²) < 4.78 is 0. The molecule has 0 spiro atoms. The molecule has 104 valence electrons. The minimum Gasteiger partial charge on any atom is -0.352 e. The van der Waals surface area contributed by atoms with Crippen LogP contribution in [-0.2, 0) is 4.79 Å². The van der Waals surface area contributed by atoms with E-state index in [-0.39, 0.29) is 11.9 Å². The Labute approximate surface area is 115 Å². The average molecular weight is 270 g/mol. The monoisotopic (exact) mass is 270 g/mol. The van der Waals surface area contributed by atoms with Crippen molar-refractivity contribution in [2.75, 3.05) is 24.6 Å². The van der Waals surface area contributed by atoms with Gasteiger partial charge in [-0.25, -0.2) is 0 Å². The van der Waals surface area contributed by atoms with Crippen molar-refractivity contribution in [3.05, 3.63) is 0 Å². The van der Waals surface area contributed by atoms with Gasteiger partial charge in [-0.15, -0.1) is 0 Å². The van der Waals surface area contributed by atoms with Gasteiger partial charge in [0, 0.05) is 30.6 Å². The molecule has 1 aliphatic heterocycles. The van der Waals surface area contributed by atoms with Crippen molar-refractivity contribution in [2.24, 2.45) is 5.92 Å². The molecule has 3 unspecified atom stereocenters. The van der Waals surface area contributed by atoms with Gasteiger partial charge in [-0.2, -0.15) is 11.8 Å². The summed E-state index contributed by atoms with van der Waals surface area (Å²) >= 11 is 1.99. The molecule has 1 heterocycles. The maximum absolute atomic E-state index is 12.3. The van der Waals surface area contributed by atoms with Crippen LogP contribution < -0.4 is 5.32 Å². The number of carbonyl (C=O) groups excluding carboxylic acids is 1. The number of thioether (sulfide) groups is 1. The van der Waals surface area contributed by atoms with Crippen LogP contribution in [0.25, 0.3) is 0 Å². The fraction of sp³-hybridized carbons (Fsp3) is 0.929. The highest BCUT2D eigenvalue weighted by molar-refractivity contribution is 7.99. The summed E-state index contributed by atoms with van der Waals surface area (Å²) in [7, 11) is 0. The van der Waals surface area contributed by atoms with Gasteiger partial charge in [-0.3, -0.25) is 9.69 Å². The topological polar surface area (TPSA) is 32.3 Å². The van der Waals surface area contributed by atoms with Gasteiger partial charge in [0.25, 0.3) is 0 Å². The highest BCUT2D eigenvalue weighted by Gasteiger charge is 2.27. The Morgan fingerprint density at radius 3 is 2.61 bits per heavy atom. The van der Waals surface area contributed by atoms with E-state index < -0.39 is 0 Å². The molecule has 1 N–H and O–H groups in total. The van der Waals surface area contributed by atoms with Crippen LogP contribution in [0.15, 0.2) is 0 Å². The lowest BCUT2D eigenvalue weighted by Gasteiger charge is -2.34. The van der Waals surface area contributed by atoms with Gasteiger partial charge in [0.2, 0.25) is 5.91 Å². The molecule has 2 rings (SSSR count). The van der Waals surface area contributed by atoms with Gasteiger partial charge in [-0.05, 0) is 25.7 Å². The molecular weight excluding hydrogens is 244 g/mol. The SMILES string of the molecule is CC1CCCCC1NC(=O)C(C)N1CCSCC1. The van der Waals surface area contributed by atoms with Crippen molar-refractivity contribution in [2.45, 2.75) is 51.6 Å². The minimum atomic E-state index is 0.0417. The molecule has 0 bridgehead atoms. The van der Waals surface area contributed by atoms with E-state index in [1.54, 1.807) is 0 Å². The van der Waals surface area contributed by atoms with Gasteiger partial charge in [0.05, 0.1) is 6.04 Å². The summed E-state index contributed by atoms with van der Waals surface area (Å²) in [6, 6.07) is 0.452. The predicted octanol–water partition coefficient (Wildman–Crippen LogP) is 2.12. The zero-order valence-electron chi connectivity index (χ0n) is 11.7. The highest BCUT2D eigenvalue weighted by atomic mass is 32.2. The molecule has 3 nitrogen and oxygen atoms in total. The lowest BCUT2D eigenvalue weighted by molar-refractivity contribution is -0.127. The lowest BCUT2D eigenvalue weighted by Crippen LogP contribution is -2.52. The van der Waals surface area contributed by atoms with Crippen LogP contribution in [0.5, 0.6) is 0 Å². The molecule has 1 aliphatic carbocycles. The number of nitrogens with one attached hydrogen (secondary N) is 1. The number of hydrogen-bond donors (Lipinski definition) is 1. The van der Waals surface area contributed by atoms with E-state index >= 15 is 0 Å². The number of nitrogens with zero attached hydrogens (tertiary/aromatic N) is 1. The molecule has 2 fully saturated rings. The summed E-state index contributed by atoms with van der Waals surface area (Å²) in [6.45, 7) is 6.43. The second kappa shape index (κ2) is 6.80. The molecule has 0 radical (unpaired) electrons. The summed E-state index contributed by atoms with van der Waals surface area (Å²) in [6.07, 6.45) is 5.02. The summed E-state index contributed by atoms with van der Waals surface area (Å²) in [5.74, 6) is 3.21. The van der Waals surface area contributed by atoms with Crippen molar-refractivity contribution >= 4 is 17.7 Å². The maximum Gasteiger partial charge on any atom is 0.237 e. The van der Waals surface area contributed by atoms with Gasteiger partial charge in [-0.1, -0.05) is 19.8 Å². The fourth-order valence-electron chi connectivity index (χ4n) is 2.96. The molecule has 3 atom stereocenters. The largest absolute Gasteiger partial charge is 0.352 e. The van der Waals surface area contributed by atoms with E-state index in [9.17, 15) is 4.79 Å². The van der Waals surface area contributed by atoms with Crippen molar-refractivity contribution in [3.8, 4) is 0 Å². The smallest absolute Gasteiger partial charge is 0.237 e. The Hall–Kier alpha value is -0.220. The molecule has 0 aromatic rings. The first-order valence-electron chi connectivity index (χ1n) is 7.30. The van der Waals surface area contributed by atoms with Crippen LogP contribution in [0, 0.1) is 5.92 Å². The van der Waals surface area contributed by atoms with Crippen LogP contribution in [0.4, 0.5) is 0 Å². The quantitative estimate of drug-likeness (QED) is 0.852. The molecule has 18 heavy (non-hydrogen) atoms. The van der Waals surface area contributed by atoms with E-state index in [2.05, 4.69) is 24.1 Å². The first-order valence-corrected chi connectivity index (χ1v) is 8.46. The number of amides is 1.